The average molecular weight is 230 g/mol. The molecule has 4 heteroatoms. The summed E-state index contributed by atoms with van der Waals surface area (Å²) in [6.07, 6.45) is 2.59. The van der Waals surface area contributed by atoms with Gasteiger partial charge in [0.25, 0.3) is 0 Å². The van der Waals surface area contributed by atoms with Crippen LogP contribution in [0.15, 0.2) is 56.4 Å². The third kappa shape index (κ3) is 1.32. The Labute approximate surface area is 103 Å². The zero-order valence-corrected chi connectivity index (χ0v) is 9.25. The van der Waals surface area contributed by atoms with E-state index in [2.05, 4.69) is 32.4 Å². The lowest BCUT2D eigenvalue weighted by Gasteiger charge is -1.94. The predicted molar refractivity (Wildman–Crippen MR) is 67.3 cm³/mol. The summed E-state index contributed by atoms with van der Waals surface area (Å²) in [7, 11) is 0. The smallest absolute Gasteiger partial charge is 0.199 e. The molecular formula is C14H6N4. The third-order valence-corrected chi connectivity index (χ3v) is 2.84. The van der Waals surface area contributed by atoms with Crippen molar-refractivity contribution in [2.45, 2.75) is 0 Å². The molecule has 2 heterocycles. The van der Waals surface area contributed by atoms with Gasteiger partial charge in [0.2, 0.25) is 0 Å². The summed E-state index contributed by atoms with van der Waals surface area (Å²) in [5, 5.41) is 1.63. The first-order valence-corrected chi connectivity index (χ1v) is 5.51. The molecule has 2 aromatic rings. The summed E-state index contributed by atoms with van der Waals surface area (Å²) in [4.78, 5) is 17.1. The first-order chi connectivity index (χ1) is 8.90. The van der Waals surface area contributed by atoms with Gasteiger partial charge in [-0.2, -0.15) is 0 Å². The SMILES string of the molecule is [C]1=Nc2cc3c(cc2=N1)N=C(c1cc[c]cc1)N=3. The van der Waals surface area contributed by atoms with Crippen LogP contribution in [-0.2, 0) is 0 Å². The number of aliphatic imine (C=N–C) groups is 2. The van der Waals surface area contributed by atoms with Crippen LogP contribution < -0.4 is 10.7 Å². The number of benzene rings is 2. The maximum Gasteiger partial charge on any atom is 0.199 e. The highest BCUT2D eigenvalue weighted by Gasteiger charge is 2.12. The molecule has 0 atom stereocenters. The van der Waals surface area contributed by atoms with Crippen LogP contribution in [0.5, 0.6) is 0 Å². The van der Waals surface area contributed by atoms with Crippen LogP contribution >= 0.6 is 0 Å². The van der Waals surface area contributed by atoms with Crippen LogP contribution in [0.1, 0.15) is 5.56 Å². The Morgan fingerprint density at radius 3 is 2.61 bits per heavy atom. The van der Waals surface area contributed by atoms with Gasteiger partial charge < -0.3 is 0 Å². The first kappa shape index (κ1) is 9.41. The van der Waals surface area contributed by atoms with Gasteiger partial charge in [-0.25, -0.2) is 20.0 Å². The lowest BCUT2D eigenvalue weighted by Crippen LogP contribution is -2.06. The molecule has 2 aliphatic rings. The molecule has 0 bridgehead atoms. The lowest BCUT2D eigenvalue weighted by molar-refractivity contribution is 1.37. The second-order valence-corrected chi connectivity index (χ2v) is 3.99. The van der Waals surface area contributed by atoms with Crippen LogP contribution in [0.25, 0.3) is 0 Å². The van der Waals surface area contributed by atoms with Crippen molar-refractivity contribution in [3.05, 3.63) is 58.7 Å². The molecule has 4 nitrogen and oxygen atoms in total. The molecular weight excluding hydrogens is 224 g/mol. The van der Waals surface area contributed by atoms with Gasteiger partial charge in [-0.3, -0.25) is 0 Å². The van der Waals surface area contributed by atoms with Gasteiger partial charge in [0.1, 0.15) is 0 Å². The highest BCUT2D eigenvalue weighted by molar-refractivity contribution is 6.02. The minimum Gasteiger partial charge on any atom is -0.226 e. The molecule has 82 valence electrons. The van der Waals surface area contributed by atoms with E-state index in [1.165, 1.54) is 0 Å². The fourth-order valence-electron chi connectivity index (χ4n) is 1.96. The van der Waals surface area contributed by atoms with E-state index in [-0.39, 0.29) is 0 Å². The van der Waals surface area contributed by atoms with Crippen molar-refractivity contribution in [3.8, 4) is 0 Å². The van der Waals surface area contributed by atoms with Gasteiger partial charge >= 0.3 is 0 Å². The van der Waals surface area contributed by atoms with E-state index < -0.39 is 0 Å². The normalized spacial score (nSPS) is 14.6. The molecule has 0 spiro atoms. The van der Waals surface area contributed by atoms with E-state index in [0.29, 0.717) is 0 Å². The van der Waals surface area contributed by atoms with E-state index in [1.807, 2.05) is 36.4 Å². The molecule has 0 fully saturated rings. The summed E-state index contributed by atoms with van der Waals surface area (Å²) in [6, 6.07) is 14.3. The molecule has 0 N–H and O–H groups in total. The van der Waals surface area contributed by atoms with Gasteiger partial charge in [0.15, 0.2) is 12.2 Å². The van der Waals surface area contributed by atoms with Crippen molar-refractivity contribution in [1.29, 1.82) is 0 Å². The Kier molecular flexibility index (Phi) is 1.80. The molecule has 18 heavy (non-hydrogen) atoms. The van der Waals surface area contributed by atoms with E-state index >= 15 is 0 Å². The summed E-state index contributed by atoms with van der Waals surface area (Å²) in [5.41, 5.74) is 2.62. The van der Waals surface area contributed by atoms with E-state index in [0.717, 1.165) is 33.5 Å². The molecule has 2 aromatic carbocycles. The highest BCUT2D eigenvalue weighted by atomic mass is 15.0. The zero-order chi connectivity index (χ0) is 11.9. The Balaban J connectivity index is 1.90. The van der Waals surface area contributed by atoms with E-state index in [9.17, 15) is 0 Å². The monoisotopic (exact) mass is 230 g/mol. The molecule has 2 radical (unpaired) electrons. The van der Waals surface area contributed by atoms with Crippen LogP contribution in [0.2, 0.25) is 0 Å². The van der Waals surface area contributed by atoms with Crippen molar-refractivity contribution in [3.63, 3.8) is 0 Å². The molecule has 0 saturated carbocycles. The second-order valence-electron chi connectivity index (χ2n) is 3.99. The topological polar surface area (TPSA) is 49.4 Å². The van der Waals surface area contributed by atoms with Crippen molar-refractivity contribution in [2.75, 3.05) is 0 Å². The minimum atomic E-state index is 0.718. The van der Waals surface area contributed by atoms with Crippen molar-refractivity contribution in [1.82, 2.24) is 0 Å². The van der Waals surface area contributed by atoms with Crippen LogP contribution in [-0.4, -0.2) is 12.2 Å². The van der Waals surface area contributed by atoms with Gasteiger partial charge in [0, 0.05) is 5.56 Å². The number of hydrogen-bond donors (Lipinski definition) is 0. The van der Waals surface area contributed by atoms with Gasteiger partial charge in [-0.1, -0.05) is 24.3 Å². The number of fused-ring (bicyclic) bond motifs is 2. The van der Waals surface area contributed by atoms with Crippen molar-refractivity contribution < 1.29 is 0 Å². The van der Waals surface area contributed by atoms with E-state index in [1.54, 1.807) is 0 Å². The molecule has 4 rings (SSSR count). The predicted octanol–water partition coefficient (Wildman–Crippen LogP) is 1.37. The molecule has 2 aliphatic heterocycles. The number of hydrogen-bond acceptors (Lipinski definition) is 4. The molecule has 0 saturated heterocycles. The van der Waals surface area contributed by atoms with Gasteiger partial charge in [0.05, 0.1) is 22.1 Å². The van der Waals surface area contributed by atoms with Gasteiger partial charge in [-0.05, 0) is 18.2 Å². The Morgan fingerprint density at radius 2 is 1.72 bits per heavy atom. The number of nitrogens with zero attached hydrogens (tertiary/aromatic N) is 4. The molecule has 0 aliphatic carbocycles. The third-order valence-electron chi connectivity index (χ3n) is 2.84. The fraction of sp³-hybridized carbons (Fsp3) is 0. The summed E-state index contributed by atoms with van der Waals surface area (Å²) >= 11 is 0. The Hall–Kier alpha value is -2.62. The second kappa shape index (κ2) is 3.43. The quantitative estimate of drug-likeness (QED) is 0.710. The minimum absolute atomic E-state index is 0.718. The summed E-state index contributed by atoms with van der Waals surface area (Å²) in [6.45, 7) is 0. The Bertz CT molecular complexity index is 817. The summed E-state index contributed by atoms with van der Waals surface area (Å²) < 4.78 is 0. The molecule has 0 aromatic heterocycles. The number of amidine groups is 1. The van der Waals surface area contributed by atoms with Crippen LogP contribution in [0.4, 0.5) is 11.4 Å². The average Bonchev–Trinajstić information content (AvgIpc) is 3.01. The maximum atomic E-state index is 4.51. The summed E-state index contributed by atoms with van der Waals surface area (Å²) in [5.74, 6) is 0.718. The largest absolute Gasteiger partial charge is 0.226 e. The fourth-order valence-corrected chi connectivity index (χ4v) is 1.96. The first-order valence-electron chi connectivity index (χ1n) is 5.51. The van der Waals surface area contributed by atoms with Crippen molar-refractivity contribution in [2.24, 2.45) is 20.0 Å². The molecule has 0 amide bonds. The zero-order valence-electron chi connectivity index (χ0n) is 9.25. The maximum absolute atomic E-state index is 4.51. The van der Waals surface area contributed by atoms with Crippen LogP contribution in [0, 0.1) is 6.07 Å². The van der Waals surface area contributed by atoms with Crippen molar-refractivity contribution >= 4 is 23.5 Å². The lowest BCUT2D eigenvalue weighted by atomic mass is 10.2. The van der Waals surface area contributed by atoms with Crippen LogP contribution in [0.3, 0.4) is 0 Å². The standard InChI is InChI=1S/C14H6N4/c1-2-4-9(5-3-1)14-17-12-6-10-11(16-8-15-10)7-13(12)18-14/h2-7H. The Morgan fingerprint density at radius 1 is 0.889 bits per heavy atom. The molecule has 0 unspecified atom stereocenters. The highest BCUT2D eigenvalue weighted by Crippen LogP contribution is 2.16. The van der Waals surface area contributed by atoms with E-state index in [4.69, 9.17) is 0 Å². The number of rotatable bonds is 1. The van der Waals surface area contributed by atoms with Gasteiger partial charge in [-0.15, -0.1) is 0 Å².